The Labute approximate surface area is 144 Å². The monoisotopic (exact) mass is 376 g/mol. The zero-order valence-corrected chi connectivity index (χ0v) is 14.6. The Morgan fingerprint density at radius 1 is 0.957 bits per heavy atom. The van der Waals surface area contributed by atoms with Crippen LogP contribution in [-0.4, -0.2) is 11.8 Å². The van der Waals surface area contributed by atoms with Gasteiger partial charge in [0.15, 0.2) is 0 Å². The van der Waals surface area contributed by atoms with E-state index in [2.05, 4.69) is 26.8 Å². The first-order chi connectivity index (χ1) is 11.1. The molecule has 0 heterocycles. The molecule has 1 aromatic carbocycles. The minimum Gasteiger partial charge on any atom is -0.273 e. The zero-order chi connectivity index (χ0) is 16.0. The second-order valence-corrected chi connectivity index (χ2v) is 8.44. The molecule has 122 valence electrons. The van der Waals surface area contributed by atoms with Crippen molar-refractivity contribution in [2.24, 2.45) is 23.2 Å². The molecule has 0 saturated heterocycles. The van der Waals surface area contributed by atoms with E-state index in [1.807, 2.05) is 12.1 Å². The van der Waals surface area contributed by atoms with Crippen LogP contribution in [0.1, 0.15) is 48.9 Å². The summed E-state index contributed by atoms with van der Waals surface area (Å²) in [5.41, 5.74) is 5.59. The molecule has 0 radical (unpaired) electrons. The molecule has 4 nitrogen and oxygen atoms in total. The van der Waals surface area contributed by atoms with Crippen LogP contribution in [0.25, 0.3) is 0 Å². The van der Waals surface area contributed by atoms with Crippen LogP contribution in [0.3, 0.4) is 0 Å². The Kier molecular flexibility index (Phi) is 3.71. The van der Waals surface area contributed by atoms with E-state index in [0.29, 0.717) is 23.3 Å². The van der Waals surface area contributed by atoms with Gasteiger partial charge in [-0.15, -0.1) is 0 Å². The van der Waals surface area contributed by atoms with E-state index in [0.717, 1.165) is 23.7 Å². The van der Waals surface area contributed by atoms with Crippen molar-refractivity contribution in [3.05, 3.63) is 34.3 Å². The lowest BCUT2D eigenvalue weighted by molar-refractivity contribution is -0.147. The van der Waals surface area contributed by atoms with Crippen molar-refractivity contribution in [2.75, 3.05) is 0 Å². The Morgan fingerprint density at radius 3 is 2.09 bits per heavy atom. The van der Waals surface area contributed by atoms with Gasteiger partial charge >= 0.3 is 0 Å². The second kappa shape index (κ2) is 5.62. The maximum Gasteiger partial charge on any atom is 0.270 e. The van der Waals surface area contributed by atoms with Crippen LogP contribution < -0.4 is 10.9 Å². The SMILES string of the molecule is O=C(NNC(=O)C12CC3CC(CC(C3)C1)C2)c1ccccc1Br. The van der Waals surface area contributed by atoms with Crippen molar-refractivity contribution in [3.8, 4) is 0 Å². The third-order valence-electron chi connectivity index (χ3n) is 5.93. The number of halogens is 1. The average Bonchev–Trinajstić information content (AvgIpc) is 2.51. The summed E-state index contributed by atoms with van der Waals surface area (Å²) >= 11 is 3.36. The van der Waals surface area contributed by atoms with E-state index in [1.54, 1.807) is 12.1 Å². The van der Waals surface area contributed by atoms with Crippen LogP contribution in [0.4, 0.5) is 0 Å². The van der Waals surface area contributed by atoms with Gasteiger partial charge in [0.05, 0.1) is 11.0 Å². The fraction of sp³-hybridized carbons (Fsp3) is 0.556. The summed E-state index contributed by atoms with van der Waals surface area (Å²) in [4.78, 5) is 25.0. The lowest BCUT2D eigenvalue weighted by Crippen LogP contribution is -2.56. The van der Waals surface area contributed by atoms with Gasteiger partial charge in [0.2, 0.25) is 5.91 Å². The average molecular weight is 377 g/mol. The van der Waals surface area contributed by atoms with E-state index >= 15 is 0 Å². The molecule has 5 rings (SSSR count). The van der Waals surface area contributed by atoms with Crippen molar-refractivity contribution in [1.29, 1.82) is 0 Å². The molecule has 4 fully saturated rings. The smallest absolute Gasteiger partial charge is 0.270 e. The maximum atomic E-state index is 12.8. The van der Waals surface area contributed by atoms with Crippen LogP contribution in [0.5, 0.6) is 0 Å². The van der Waals surface area contributed by atoms with Gasteiger partial charge in [0.1, 0.15) is 0 Å². The predicted octanol–water partition coefficient (Wildman–Crippen LogP) is 3.43. The molecule has 1 aromatic rings. The van der Waals surface area contributed by atoms with Gasteiger partial charge in [-0.2, -0.15) is 0 Å². The largest absolute Gasteiger partial charge is 0.273 e. The summed E-state index contributed by atoms with van der Waals surface area (Å²) in [5.74, 6) is 1.87. The van der Waals surface area contributed by atoms with Gasteiger partial charge in [-0.25, -0.2) is 0 Å². The summed E-state index contributed by atoms with van der Waals surface area (Å²) < 4.78 is 0.724. The Morgan fingerprint density at radius 2 is 1.52 bits per heavy atom. The minimum atomic E-state index is -0.282. The molecule has 0 aromatic heterocycles. The first kappa shape index (κ1) is 15.2. The van der Waals surface area contributed by atoms with E-state index in [1.165, 1.54) is 19.3 Å². The molecule has 0 spiro atoms. The number of rotatable bonds is 2. The summed E-state index contributed by atoms with van der Waals surface area (Å²) in [6, 6.07) is 7.21. The van der Waals surface area contributed by atoms with Crippen molar-refractivity contribution >= 4 is 27.7 Å². The maximum absolute atomic E-state index is 12.8. The molecule has 5 heteroatoms. The summed E-state index contributed by atoms with van der Waals surface area (Å²) in [5, 5.41) is 0. The Hall–Kier alpha value is -1.36. The number of amides is 2. The van der Waals surface area contributed by atoms with Crippen LogP contribution in [0.2, 0.25) is 0 Å². The van der Waals surface area contributed by atoms with Gasteiger partial charge in [0.25, 0.3) is 5.91 Å². The van der Waals surface area contributed by atoms with E-state index in [9.17, 15) is 9.59 Å². The quantitative estimate of drug-likeness (QED) is 0.776. The Bertz CT molecular complexity index is 623. The summed E-state index contributed by atoms with van der Waals surface area (Å²) in [7, 11) is 0. The highest BCUT2D eigenvalue weighted by Gasteiger charge is 2.54. The van der Waals surface area contributed by atoms with Gasteiger partial charge in [-0.1, -0.05) is 12.1 Å². The van der Waals surface area contributed by atoms with Crippen LogP contribution in [0.15, 0.2) is 28.7 Å². The van der Waals surface area contributed by atoms with E-state index in [-0.39, 0.29) is 17.2 Å². The molecular weight excluding hydrogens is 356 g/mol. The normalized spacial score (nSPS) is 34.2. The molecule has 23 heavy (non-hydrogen) atoms. The molecule has 2 N–H and O–H groups in total. The van der Waals surface area contributed by atoms with Gasteiger partial charge in [-0.05, 0) is 84.3 Å². The highest BCUT2D eigenvalue weighted by atomic mass is 79.9. The van der Waals surface area contributed by atoms with Gasteiger partial charge in [-0.3, -0.25) is 20.4 Å². The first-order valence-corrected chi connectivity index (χ1v) is 9.20. The number of nitrogens with one attached hydrogen (secondary N) is 2. The number of carbonyl (C=O) groups excluding carboxylic acids is 2. The van der Waals surface area contributed by atoms with Crippen LogP contribution in [-0.2, 0) is 4.79 Å². The van der Waals surface area contributed by atoms with Crippen molar-refractivity contribution in [3.63, 3.8) is 0 Å². The first-order valence-electron chi connectivity index (χ1n) is 8.41. The van der Waals surface area contributed by atoms with Crippen LogP contribution >= 0.6 is 15.9 Å². The molecule has 0 unspecified atom stereocenters. The summed E-state index contributed by atoms with van der Waals surface area (Å²) in [6.45, 7) is 0. The molecule has 4 saturated carbocycles. The van der Waals surface area contributed by atoms with Crippen molar-refractivity contribution in [1.82, 2.24) is 10.9 Å². The number of benzene rings is 1. The third kappa shape index (κ3) is 2.69. The number of hydrogen-bond donors (Lipinski definition) is 2. The standard InChI is InChI=1S/C18H21BrN2O2/c19-15-4-2-1-3-14(15)16(22)20-21-17(23)18-8-11-5-12(9-18)7-13(6-11)10-18/h1-4,11-13H,5-10H2,(H,20,22)(H,21,23). The number of hydrogen-bond acceptors (Lipinski definition) is 2. The number of hydrazine groups is 1. The van der Waals surface area contributed by atoms with Gasteiger partial charge < -0.3 is 0 Å². The van der Waals surface area contributed by atoms with Gasteiger partial charge in [0, 0.05) is 4.47 Å². The molecule has 4 bridgehead atoms. The van der Waals surface area contributed by atoms with E-state index in [4.69, 9.17) is 0 Å². The van der Waals surface area contributed by atoms with Crippen LogP contribution in [0, 0.1) is 23.2 Å². The Balaban J connectivity index is 1.43. The molecule has 0 aliphatic heterocycles. The molecule has 2 amide bonds. The molecule has 4 aliphatic carbocycles. The minimum absolute atomic E-state index is 0.0111. The topological polar surface area (TPSA) is 58.2 Å². The highest BCUT2D eigenvalue weighted by Crippen LogP contribution is 2.60. The predicted molar refractivity (Wildman–Crippen MR) is 90.4 cm³/mol. The fourth-order valence-electron chi connectivity index (χ4n) is 5.35. The lowest BCUT2D eigenvalue weighted by atomic mass is 9.49. The highest BCUT2D eigenvalue weighted by molar-refractivity contribution is 9.10. The number of carbonyl (C=O) groups is 2. The zero-order valence-electron chi connectivity index (χ0n) is 13.0. The van der Waals surface area contributed by atoms with E-state index < -0.39 is 0 Å². The summed E-state index contributed by atoms with van der Waals surface area (Å²) in [6.07, 6.45) is 6.89. The van der Waals surface area contributed by atoms with Crippen molar-refractivity contribution < 1.29 is 9.59 Å². The lowest BCUT2D eigenvalue weighted by Gasteiger charge is -2.55. The third-order valence-corrected chi connectivity index (χ3v) is 6.62. The fourth-order valence-corrected chi connectivity index (χ4v) is 5.81. The molecular formula is C18H21BrN2O2. The molecule has 4 aliphatic rings. The second-order valence-electron chi connectivity index (χ2n) is 7.59. The van der Waals surface area contributed by atoms with Crippen molar-refractivity contribution in [2.45, 2.75) is 38.5 Å². The molecule has 0 atom stereocenters.